The van der Waals surface area contributed by atoms with E-state index in [0.717, 1.165) is 30.0 Å². The maximum atomic E-state index is 13.7. The summed E-state index contributed by atoms with van der Waals surface area (Å²) in [4.78, 5) is 38.9. The Morgan fingerprint density at radius 2 is 2.07 bits per heavy atom. The van der Waals surface area contributed by atoms with E-state index in [0.29, 0.717) is 16.1 Å². The van der Waals surface area contributed by atoms with Gasteiger partial charge in [-0.15, -0.1) is 0 Å². The average molecular weight is 388 g/mol. The van der Waals surface area contributed by atoms with Crippen LogP contribution in [-0.4, -0.2) is 26.1 Å². The number of carbonyl (C=O) groups is 1. The number of nitro groups is 1. The van der Waals surface area contributed by atoms with Gasteiger partial charge in [0.15, 0.2) is 5.16 Å². The van der Waals surface area contributed by atoms with Crippen LogP contribution in [0, 0.1) is 15.9 Å². The van der Waals surface area contributed by atoms with Gasteiger partial charge in [0, 0.05) is 19.2 Å². The Morgan fingerprint density at radius 1 is 1.33 bits per heavy atom. The molecule has 0 atom stereocenters. The van der Waals surface area contributed by atoms with Gasteiger partial charge in [0.2, 0.25) is 5.91 Å². The van der Waals surface area contributed by atoms with E-state index in [2.05, 4.69) is 10.3 Å². The van der Waals surface area contributed by atoms with Gasteiger partial charge in [0.05, 0.1) is 27.3 Å². The number of nitrogens with one attached hydrogen (secondary N) is 1. The Morgan fingerprint density at radius 3 is 2.81 bits per heavy atom. The number of para-hydroxylation sites is 1. The number of aromatic nitrogens is 2. The molecule has 1 heterocycles. The second kappa shape index (κ2) is 7.54. The molecule has 0 saturated heterocycles. The van der Waals surface area contributed by atoms with E-state index >= 15 is 0 Å². The third-order valence-electron chi connectivity index (χ3n) is 3.71. The molecule has 1 N–H and O–H groups in total. The molecule has 0 aliphatic heterocycles. The van der Waals surface area contributed by atoms with Gasteiger partial charge in [-0.1, -0.05) is 23.9 Å². The molecular formula is C17H13FN4O4S. The number of non-ortho nitro benzene ring substituents is 1. The molecule has 0 fully saturated rings. The Bertz CT molecular complexity index is 1120. The summed E-state index contributed by atoms with van der Waals surface area (Å²) in [5.41, 5.74) is -0.352. The molecule has 138 valence electrons. The molecule has 2 aromatic carbocycles. The van der Waals surface area contributed by atoms with Crippen molar-refractivity contribution >= 4 is 39.9 Å². The summed E-state index contributed by atoms with van der Waals surface area (Å²) in [6, 6.07) is 9.71. The van der Waals surface area contributed by atoms with Gasteiger partial charge in [-0.25, -0.2) is 9.37 Å². The molecule has 1 amide bonds. The molecule has 3 rings (SSSR count). The van der Waals surface area contributed by atoms with Gasteiger partial charge >= 0.3 is 0 Å². The van der Waals surface area contributed by atoms with Crippen LogP contribution in [0.5, 0.6) is 0 Å². The largest absolute Gasteiger partial charge is 0.323 e. The molecule has 27 heavy (non-hydrogen) atoms. The smallest absolute Gasteiger partial charge is 0.271 e. The van der Waals surface area contributed by atoms with Crippen molar-refractivity contribution in [2.75, 3.05) is 11.1 Å². The number of anilines is 1. The van der Waals surface area contributed by atoms with Crippen LogP contribution in [0.15, 0.2) is 52.4 Å². The molecule has 1 aromatic heterocycles. The second-order valence-corrected chi connectivity index (χ2v) is 6.48. The summed E-state index contributed by atoms with van der Waals surface area (Å²) in [5.74, 6) is -1.52. The molecule has 0 saturated carbocycles. The number of halogens is 1. The first-order valence-corrected chi connectivity index (χ1v) is 8.67. The minimum absolute atomic E-state index is 0.152. The zero-order valence-corrected chi connectivity index (χ0v) is 14.8. The average Bonchev–Trinajstić information content (AvgIpc) is 2.65. The first-order valence-electron chi connectivity index (χ1n) is 7.69. The standard InChI is InChI=1S/C17H13FN4O4S/c1-21-16(24)11-4-2-3-5-13(11)20-17(21)27-9-15(23)19-14-8-10(22(25)26)6-7-12(14)18/h2-8H,9H2,1H3,(H,19,23). The highest BCUT2D eigenvalue weighted by Crippen LogP contribution is 2.22. The predicted octanol–water partition coefficient (Wildman–Crippen LogP) is 2.71. The van der Waals surface area contributed by atoms with E-state index in [1.807, 2.05) is 0 Å². The van der Waals surface area contributed by atoms with Crippen LogP contribution in [0.1, 0.15) is 0 Å². The topological polar surface area (TPSA) is 107 Å². The van der Waals surface area contributed by atoms with E-state index in [1.165, 1.54) is 4.57 Å². The van der Waals surface area contributed by atoms with Crippen LogP contribution in [-0.2, 0) is 11.8 Å². The number of benzene rings is 2. The van der Waals surface area contributed by atoms with Crippen molar-refractivity contribution in [3.8, 4) is 0 Å². The minimum Gasteiger partial charge on any atom is -0.323 e. The highest BCUT2D eigenvalue weighted by atomic mass is 32.2. The number of hydrogen-bond acceptors (Lipinski definition) is 6. The molecule has 0 aliphatic rings. The van der Waals surface area contributed by atoms with Crippen molar-refractivity contribution in [2.45, 2.75) is 5.16 Å². The molecule has 10 heteroatoms. The Hall–Kier alpha value is -3.27. The third kappa shape index (κ3) is 3.95. The van der Waals surface area contributed by atoms with Crippen LogP contribution in [0.2, 0.25) is 0 Å². The molecule has 0 radical (unpaired) electrons. The normalized spacial score (nSPS) is 10.7. The van der Waals surface area contributed by atoms with Crippen LogP contribution in [0.25, 0.3) is 10.9 Å². The summed E-state index contributed by atoms with van der Waals surface area (Å²) in [7, 11) is 1.54. The lowest BCUT2D eigenvalue weighted by atomic mass is 10.2. The minimum atomic E-state index is -0.782. The fraction of sp³-hybridized carbons (Fsp3) is 0.118. The van der Waals surface area contributed by atoms with Crippen LogP contribution >= 0.6 is 11.8 Å². The van der Waals surface area contributed by atoms with Gasteiger partial charge in [-0.05, 0) is 18.2 Å². The first-order chi connectivity index (χ1) is 12.9. The fourth-order valence-electron chi connectivity index (χ4n) is 2.37. The maximum Gasteiger partial charge on any atom is 0.271 e. The summed E-state index contributed by atoms with van der Waals surface area (Å²) < 4.78 is 15.1. The number of thioether (sulfide) groups is 1. The molecule has 3 aromatic rings. The number of amides is 1. The lowest BCUT2D eigenvalue weighted by Crippen LogP contribution is -2.21. The van der Waals surface area contributed by atoms with Crippen molar-refractivity contribution in [1.29, 1.82) is 0 Å². The fourth-order valence-corrected chi connectivity index (χ4v) is 3.14. The monoisotopic (exact) mass is 388 g/mol. The third-order valence-corrected chi connectivity index (χ3v) is 4.74. The lowest BCUT2D eigenvalue weighted by molar-refractivity contribution is -0.384. The van der Waals surface area contributed by atoms with Crippen molar-refractivity contribution in [3.05, 3.63) is 68.7 Å². The van der Waals surface area contributed by atoms with Gasteiger partial charge in [0.25, 0.3) is 11.2 Å². The Labute approximate surface area is 156 Å². The van der Waals surface area contributed by atoms with E-state index in [4.69, 9.17) is 0 Å². The second-order valence-electron chi connectivity index (χ2n) is 5.53. The van der Waals surface area contributed by atoms with Crippen LogP contribution in [0.4, 0.5) is 15.8 Å². The van der Waals surface area contributed by atoms with Gasteiger partial charge in [-0.2, -0.15) is 0 Å². The predicted molar refractivity (Wildman–Crippen MR) is 99.4 cm³/mol. The summed E-state index contributed by atoms with van der Waals surface area (Å²) in [5, 5.41) is 13.8. The molecule has 0 bridgehead atoms. The zero-order valence-electron chi connectivity index (χ0n) is 14.0. The number of fused-ring (bicyclic) bond motifs is 1. The molecule has 8 nitrogen and oxygen atoms in total. The Balaban J connectivity index is 1.76. The zero-order chi connectivity index (χ0) is 19.6. The maximum absolute atomic E-state index is 13.7. The number of nitrogens with zero attached hydrogens (tertiary/aromatic N) is 3. The van der Waals surface area contributed by atoms with Crippen LogP contribution < -0.4 is 10.9 Å². The number of carbonyl (C=O) groups excluding carboxylic acids is 1. The van der Waals surface area contributed by atoms with E-state index < -0.39 is 16.6 Å². The summed E-state index contributed by atoms with van der Waals surface area (Å²) >= 11 is 1.00. The SMILES string of the molecule is Cn1c(SCC(=O)Nc2cc([N+](=O)[O-])ccc2F)nc2ccccc2c1=O. The number of rotatable bonds is 5. The Kier molecular flexibility index (Phi) is 5.17. The van der Waals surface area contributed by atoms with Gasteiger partial charge < -0.3 is 5.32 Å². The quantitative estimate of drug-likeness (QED) is 0.312. The molecule has 0 spiro atoms. The van der Waals surface area contributed by atoms with Gasteiger partial charge in [-0.3, -0.25) is 24.3 Å². The lowest BCUT2D eigenvalue weighted by Gasteiger charge is -2.09. The number of nitro benzene ring substituents is 1. The van der Waals surface area contributed by atoms with Crippen molar-refractivity contribution < 1.29 is 14.1 Å². The van der Waals surface area contributed by atoms with Crippen molar-refractivity contribution in [3.63, 3.8) is 0 Å². The van der Waals surface area contributed by atoms with E-state index in [1.54, 1.807) is 31.3 Å². The summed E-state index contributed by atoms with van der Waals surface area (Å²) in [6.07, 6.45) is 0. The van der Waals surface area contributed by atoms with Gasteiger partial charge in [0.1, 0.15) is 5.82 Å². The number of hydrogen-bond donors (Lipinski definition) is 1. The highest BCUT2D eigenvalue weighted by molar-refractivity contribution is 7.99. The van der Waals surface area contributed by atoms with E-state index in [-0.39, 0.29) is 22.7 Å². The molecule has 0 aliphatic carbocycles. The van der Waals surface area contributed by atoms with Crippen molar-refractivity contribution in [2.24, 2.45) is 7.05 Å². The van der Waals surface area contributed by atoms with E-state index in [9.17, 15) is 24.1 Å². The van der Waals surface area contributed by atoms with Crippen molar-refractivity contribution in [1.82, 2.24) is 9.55 Å². The summed E-state index contributed by atoms with van der Waals surface area (Å²) in [6.45, 7) is 0. The molecule has 0 unspecified atom stereocenters. The first kappa shape index (κ1) is 18.5. The highest BCUT2D eigenvalue weighted by Gasteiger charge is 2.15. The van der Waals surface area contributed by atoms with Crippen LogP contribution in [0.3, 0.4) is 0 Å². The molecular weight excluding hydrogens is 375 g/mol.